The molecule has 1 saturated heterocycles. The molecular formula is C13H23N3O2. The molecule has 102 valence electrons. The molecule has 1 N–H and O–H groups in total. The third kappa shape index (κ3) is 4.38. The van der Waals surface area contributed by atoms with Gasteiger partial charge in [0.25, 0.3) is 0 Å². The molecule has 5 heteroatoms. The maximum Gasteiger partial charge on any atom is 0.219 e. The van der Waals surface area contributed by atoms with E-state index in [1.807, 2.05) is 0 Å². The van der Waals surface area contributed by atoms with Gasteiger partial charge in [-0.1, -0.05) is 13.8 Å². The number of hydrogen-bond donors (Lipinski definition) is 1. The Morgan fingerprint density at radius 3 is 2.83 bits per heavy atom. The Labute approximate surface area is 108 Å². The first-order valence-corrected chi connectivity index (χ1v) is 6.90. The second kappa shape index (κ2) is 6.85. The van der Waals surface area contributed by atoms with Gasteiger partial charge in [0.2, 0.25) is 11.8 Å². The predicted octanol–water partition coefficient (Wildman–Crippen LogP) is 1.72. The van der Waals surface area contributed by atoms with Crippen LogP contribution >= 0.6 is 0 Å². The lowest BCUT2D eigenvalue weighted by Gasteiger charge is -2.20. The predicted molar refractivity (Wildman–Crippen MR) is 68.4 cm³/mol. The van der Waals surface area contributed by atoms with Crippen LogP contribution in [0.25, 0.3) is 0 Å². The van der Waals surface area contributed by atoms with Gasteiger partial charge in [-0.25, -0.2) is 0 Å². The van der Waals surface area contributed by atoms with Crippen molar-refractivity contribution in [2.24, 2.45) is 0 Å². The quantitative estimate of drug-likeness (QED) is 0.836. The van der Waals surface area contributed by atoms with E-state index in [0.717, 1.165) is 32.4 Å². The van der Waals surface area contributed by atoms with Crippen LogP contribution < -0.4 is 5.32 Å². The van der Waals surface area contributed by atoms with Gasteiger partial charge in [-0.2, -0.15) is 0 Å². The van der Waals surface area contributed by atoms with Crippen molar-refractivity contribution in [3.8, 4) is 0 Å². The van der Waals surface area contributed by atoms with E-state index < -0.39 is 0 Å². The molecule has 0 aliphatic carbocycles. The summed E-state index contributed by atoms with van der Waals surface area (Å²) in [6.07, 6.45) is 5.32. The van der Waals surface area contributed by atoms with Gasteiger partial charge in [0.05, 0.1) is 12.5 Å². The van der Waals surface area contributed by atoms with Crippen LogP contribution in [0.3, 0.4) is 0 Å². The molecule has 18 heavy (non-hydrogen) atoms. The average Bonchev–Trinajstić information content (AvgIpc) is 2.78. The monoisotopic (exact) mass is 253 g/mol. The van der Waals surface area contributed by atoms with Crippen molar-refractivity contribution >= 4 is 0 Å². The summed E-state index contributed by atoms with van der Waals surface area (Å²) < 4.78 is 11.3. The molecule has 1 fully saturated rings. The summed E-state index contributed by atoms with van der Waals surface area (Å²) in [5.41, 5.74) is 0. The minimum absolute atomic E-state index is 0.265. The molecule has 5 nitrogen and oxygen atoms in total. The molecule has 1 aliphatic rings. The molecule has 0 bridgehead atoms. The van der Waals surface area contributed by atoms with Crippen molar-refractivity contribution in [3.05, 3.63) is 11.8 Å². The first-order valence-electron chi connectivity index (χ1n) is 6.90. The lowest BCUT2D eigenvalue weighted by Crippen LogP contribution is -2.25. The first kappa shape index (κ1) is 13.5. The fraction of sp³-hybridized carbons (Fsp3) is 0.846. The van der Waals surface area contributed by atoms with E-state index in [1.165, 1.54) is 12.8 Å². The third-order valence-corrected chi connectivity index (χ3v) is 3.08. The zero-order valence-corrected chi connectivity index (χ0v) is 11.3. The lowest BCUT2D eigenvalue weighted by atomic mass is 10.1. The van der Waals surface area contributed by atoms with Crippen LogP contribution in [-0.4, -0.2) is 35.5 Å². The summed E-state index contributed by atoms with van der Waals surface area (Å²) in [4.78, 5) is 0. The summed E-state index contributed by atoms with van der Waals surface area (Å²) >= 11 is 0. The van der Waals surface area contributed by atoms with Gasteiger partial charge in [0.15, 0.2) is 0 Å². The van der Waals surface area contributed by atoms with E-state index in [9.17, 15) is 0 Å². The fourth-order valence-electron chi connectivity index (χ4n) is 2.10. The van der Waals surface area contributed by atoms with Crippen molar-refractivity contribution < 1.29 is 9.15 Å². The van der Waals surface area contributed by atoms with Crippen molar-refractivity contribution in [3.63, 3.8) is 0 Å². The van der Waals surface area contributed by atoms with Crippen LogP contribution in [0.1, 0.15) is 44.9 Å². The summed E-state index contributed by atoms with van der Waals surface area (Å²) in [6, 6.07) is 0.489. The summed E-state index contributed by atoms with van der Waals surface area (Å²) in [5.74, 6) is 1.43. The van der Waals surface area contributed by atoms with Gasteiger partial charge < -0.3 is 14.5 Å². The highest BCUT2D eigenvalue weighted by Gasteiger charge is 2.17. The molecule has 1 aromatic heterocycles. The number of ether oxygens (including phenoxy) is 1. The van der Waals surface area contributed by atoms with Crippen LogP contribution in [0.5, 0.6) is 0 Å². The minimum atomic E-state index is 0.265. The van der Waals surface area contributed by atoms with Gasteiger partial charge in [0.1, 0.15) is 0 Å². The largest absolute Gasteiger partial charge is 0.425 e. The Morgan fingerprint density at radius 2 is 2.11 bits per heavy atom. The number of nitrogens with zero attached hydrogens (tertiary/aromatic N) is 2. The maximum atomic E-state index is 5.66. The number of nitrogens with one attached hydrogen (secondary N) is 1. The second-order valence-electron chi connectivity index (χ2n) is 5.14. The van der Waals surface area contributed by atoms with E-state index >= 15 is 0 Å². The molecule has 0 amide bonds. The fourth-order valence-corrected chi connectivity index (χ4v) is 2.10. The van der Waals surface area contributed by atoms with Crippen molar-refractivity contribution in [2.75, 3.05) is 13.2 Å². The van der Waals surface area contributed by atoms with Gasteiger partial charge in [0, 0.05) is 25.6 Å². The van der Waals surface area contributed by atoms with Crippen LogP contribution in [0, 0.1) is 0 Å². The van der Waals surface area contributed by atoms with E-state index in [0.29, 0.717) is 17.8 Å². The zero-order chi connectivity index (χ0) is 12.8. The van der Waals surface area contributed by atoms with Gasteiger partial charge in [-0.05, 0) is 19.3 Å². The maximum absolute atomic E-state index is 5.66. The summed E-state index contributed by atoms with van der Waals surface area (Å²) in [5, 5.41) is 11.5. The Morgan fingerprint density at radius 1 is 1.28 bits per heavy atom. The molecule has 0 aromatic carbocycles. The molecule has 1 atom stereocenters. The molecule has 2 heterocycles. The standard InChI is InChI=1S/C13H23N3O2/c1-10(2)14-7-6-12-15-16-13(18-12)9-11-5-3-4-8-17-11/h10-11,14H,3-9H2,1-2H3. The van der Waals surface area contributed by atoms with Crippen LogP contribution in [-0.2, 0) is 17.6 Å². The molecule has 0 saturated carbocycles. The SMILES string of the molecule is CC(C)NCCc1nnc(CC2CCCCO2)o1. The molecule has 1 unspecified atom stereocenters. The Kier molecular flexibility index (Phi) is 5.13. The van der Waals surface area contributed by atoms with Crippen LogP contribution in [0.15, 0.2) is 4.42 Å². The number of hydrogen-bond acceptors (Lipinski definition) is 5. The molecule has 0 radical (unpaired) electrons. The summed E-state index contributed by atoms with van der Waals surface area (Å²) in [7, 11) is 0. The van der Waals surface area contributed by atoms with E-state index in [1.54, 1.807) is 0 Å². The average molecular weight is 253 g/mol. The number of rotatable bonds is 6. The lowest BCUT2D eigenvalue weighted by molar-refractivity contribution is 0.0130. The Balaban J connectivity index is 1.74. The highest BCUT2D eigenvalue weighted by atomic mass is 16.5. The van der Waals surface area contributed by atoms with Gasteiger partial charge >= 0.3 is 0 Å². The highest BCUT2D eigenvalue weighted by molar-refractivity contribution is 4.86. The van der Waals surface area contributed by atoms with Gasteiger partial charge in [-0.15, -0.1) is 10.2 Å². The third-order valence-electron chi connectivity index (χ3n) is 3.08. The highest BCUT2D eigenvalue weighted by Crippen LogP contribution is 2.16. The van der Waals surface area contributed by atoms with Crippen LogP contribution in [0.2, 0.25) is 0 Å². The first-order chi connectivity index (χ1) is 8.74. The molecule has 1 aliphatic heterocycles. The number of aromatic nitrogens is 2. The Bertz CT molecular complexity index is 346. The molecule has 2 rings (SSSR count). The van der Waals surface area contributed by atoms with E-state index in [4.69, 9.17) is 9.15 Å². The molecule has 1 aromatic rings. The zero-order valence-electron chi connectivity index (χ0n) is 11.3. The summed E-state index contributed by atoms with van der Waals surface area (Å²) in [6.45, 7) is 5.99. The van der Waals surface area contributed by atoms with Gasteiger partial charge in [-0.3, -0.25) is 0 Å². The van der Waals surface area contributed by atoms with Crippen LogP contribution in [0.4, 0.5) is 0 Å². The van der Waals surface area contributed by atoms with E-state index in [2.05, 4.69) is 29.4 Å². The normalized spacial score (nSPS) is 20.5. The van der Waals surface area contributed by atoms with Crippen molar-refractivity contribution in [1.82, 2.24) is 15.5 Å². The smallest absolute Gasteiger partial charge is 0.219 e. The molecule has 0 spiro atoms. The van der Waals surface area contributed by atoms with E-state index in [-0.39, 0.29) is 6.10 Å². The van der Waals surface area contributed by atoms with Crippen molar-refractivity contribution in [2.45, 2.75) is 58.1 Å². The minimum Gasteiger partial charge on any atom is -0.425 e. The topological polar surface area (TPSA) is 60.2 Å². The molecular weight excluding hydrogens is 230 g/mol. The second-order valence-corrected chi connectivity index (χ2v) is 5.14. The Hall–Kier alpha value is -0.940. The van der Waals surface area contributed by atoms with Crippen molar-refractivity contribution in [1.29, 1.82) is 0 Å².